The first-order valence-electron chi connectivity index (χ1n) is 8.66. The Morgan fingerprint density at radius 3 is 1.84 bits per heavy atom. The monoisotopic (exact) mass is 329 g/mol. The van der Waals surface area contributed by atoms with Gasteiger partial charge in [0.2, 0.25) is 5.91 Å². The summed E-state index contributed by atoms with van der Waals surface area (Å²) in [6, 6.07) is 28.8. The third-order valence-corrected chi connectivity index (χ3v) is 4.42. The third kappa shape index (κ3) is 4.80. The molecule has 0 fully saturated rings. The van der Waals surface area contributed by atoms with Gasteiger partial charge >= 0.3 is 0 Å². The van der Waals surface area contributed by atoms with Crippen LogP contribution in [0.25, 0.3) is 0 Å². The molecule has 0 spiro atoms. The van der Waals surface area contributed by atoms with Gasteiger partial charge in [0.25, 0.3) is 0 Å². The highest BCUT2D eigenvalue weighted by Crippen LogP contribution is 2.17. The number of anilines is 1. The molecule has 0 aromatic heterocycles. The Morgan fingerprint density at radius 2 is 1.24 bits per heavy atom. The number of carbonyl (C=O) groups excluding carboxylic acids is 1. The summed E-state index contributed by atoms with van der Waals surface area (Å²) < 4.78 is 0. The first kappa shape index (κ1) is 17.0. The van der Waals surface area contributed by atoms with E-state index < -0.39 is 0 Å². The Bertz CT molecular complexity index is 795. The Labute approximate surface area is 149 Å². The largest absolute Gasteiger partial charge is 0.315 e. The van der Waals surface area contributed by atoms with Crippen molar-refractivity contribution in [2.45, 2.75) is 19.3 Å². The van der Waals surface area contributed by atoms with Crippen LogP contribution in [0.5, 0.6) is 0 Å². The molecule has 126 valence electrons. The lowest BCUT2D eigenvalue weighted by molar-refractivity contribution is -0.118. The molecule has 2 nitrogen and oxygen atoms in total. The zero-order valence-electron chi connectivity index (χ0n) is 14.6. The fraction of sp³-hybridized carbons (Fsp3) is 0.174. The Kier molecular flexibility index (Phi) is 5.63. The van der Waals surface area contributed by atoms with E-state index in [0.29, 0.717) is 6.42 Å². The van der Waals surface area contributed by atoms with Crippen LogP contribution in [0.1, 0.15) is 23.1 Å². The molecule has 0 bridgehead atoms. The van der Waals surface area contributed by atoms with Crippen molar-refractivity contribution in [2.75, 3.05) is 11.9 Å². The summed E-state index contributed by atoms with van der Waals surface area (Å²) in [5.74, 6) is 0.139. The average molecular weight is 329 g/mol. The van der Waals surface area contributed by atoms with E-state index in [1.165, 1.54) is 16.7 Å². The molecule has 0 radical (unpaired) electrons. The van der Waals surface area contributed by atoms with Gasteiger partial charge in [0, 0.05) is 19.2 Å². The first-order chi connectivity index (χ1) is 12.2. The molecular weight excluding hydrogens is 306 g/mol. The van der Waals surface area contributed by atoms with Crippen molar-refractivity contribution in [3.8, 4) is 0 Å². The summed E-state index contributed by atoms with van der Waals surface area (Å²) >= 11 is 0. The van der Waals surface area contributed by atoms with Crippen LogP contribution in [0.4, 0.5) is 5.69 Å². The summed E-state index contributed by atoms with van der Waals surface area (Å²) in [4.78, 5) is 14.2. The third-order valence-electron chi connectivity index (χ3n) is 4.42. The quantitative estimate of drug-likeness (QED) is 0.631. The van der Waals surface area contributed by atoms with E-state index in [0.717, 1.165) is 18.5 Å². The normalized spacial score (nSPS) is 10.4. The molecule has 3 aromatic rings. The first-order valence-corrected chi connectivity index (χ1v) is 8.66. The van der Waals surface area contributed by atoms with E-state index in [1.807, 2.05) is 43.4 Å². The maximum Gasteiger partial charge on any atom is 0.227 e. The van der Waals surface area contributed by atoms with Gasteiger partial charge < -0.3 is 4.90 Å². The standard InChI is InChI=1S/C23H23NO/c1-24(23(25)17-14-19-8-4-2-5-9-19)22-15-12-21(13-16-22)18-20-10-6-3-7-11-20/h2-13,15-16H,14,17-18H2,1H3. The van der Waals surface area contributed by atoms with Crippen LogP contribution in [-0.4, -0.2) is 13.0 Å². The highest BCUT2D eigenvalue weighted by atomic mass is 16.2. The van der Waals surface area contributed by atoms with Crippen LogP contribution in [0.2, 0.25) is 0 Å². The highest BCUT2D eigenvalue weighted by Gasteiger charge is 2.11. The predicted octanol–water partition coefficient (Wildman–Crippen LogP) is 4.87. The van der Waals surface area contributed by atoms with Crippen LogP contribution in [0.15, 0.2) is 84.9 Å². The molecule has 0 saturated carbocycles. The Morgan fingerprint density at radius 1 is 0.720 bits per heavy atom. The molecular formula is C23H23NO. The van der Waals surface area contributed by atoms with Gasteiger partial charge in [-0.05, 0) is 41.7 Å². The molecule has 25 heavy (non-hydrogen) atoms. The number of benzene rings is 3. The van der Waals surface area contributed by atoms with E-state index in [2.05, 4.69) is 48.5 Å². The van der Waals surface area contributed by atoms with Gasteiger partial charge in [0.1, 0.15) is 0 Å². The molecule has 0 heterocycles. The summed E-state index contributed by atoms with van der Waals surface area (Å²) in [5, 5.41) is 0. The second kappa shape index (κ2) is 8.29. The molecule has 3 rings (SSSR count). The van der Waals surface area contributed by atoms with E-state index in [1.54, 1.807) is 4.90 Å². The van der Waals surface area contributed by atoms with Crippen LogP contribution in [0, 0.1) is 0 Å². The van der Waals surface area contributed by atoms with Gasteiger partial charge in [0.15, 0.2) is 0 Å². The Hall–Kier alpha value is -2.87. The Balaban J connectivity index is 1.58. The summed E-state index contributed by atoms with van der Waals surface area (Å²) in [7, 11) is 1.85. The van der Waals surface area contributed by atoms with Crippen molar-refractivity contribution in [1.29, 1.82) is 0 Å². The maximum atomic E-state index is 12.4. The summed E-state index contributed by atoms with van der Waals surface area (Å²) in [5.41, 5.74) is 4.68. The van der Waals surface area contributed by atoms with Crippen molar-refractivity contribution in [3.63, 3.8) is 0 Å². The number of nitrogens with zero attached hydrogens (tertiary/aromatic N) is 1. The molecule has 0 aliphatic heterocycles. The van der Waals surface area contributed by atoms with Gasteiger partial charge in [-0.15, -0.1) is 0 Å². The van der Waals surface area contributed by atoms with Crippen LogP contribution in [0.3, 0.4) is 0 Å². The SMILES string of the molecule is CN(C(=O)CCc1ccccc1)c1ccc(Cc2ccccc2)cc1. The van der Waals surface area contributed by atoms with Crippen LogP contribution < -0.4 is 4.90 Å². The zero-order chi connectivity index (χ0) is 17.5. The lowest BCUT2D eigenvalue weighted by Crippen LogP contribution is -2.26. The fourth-order valence-corrected chi connectivity index (χ4v) is 2.88. The topological polar surface area (TPSA) is 20.3 Å². The molecule has 3 aromatic carbocycles. The number of hydrogen-bond acceptors (Lipinski definition) is 1. The molecule has 0 N–H and O–H groups in total. The minimum atomic E-state index is 0.139. The van der Waals surface area contributed by atoms with E-state index >= 15 is 0 Å². The van der Waals surface area contributed by atoms with Gasteiger partial charge in [-0.2, -0.15) is 0 Å². The van der Waals surface area contributed by atoms with Crippen molar-refractivity contribution in [3.05, 3.63) is 102 Å². The van der Waals surface area contributed by atoms with Crippen molar-refractivity contribution in [1.82, 2.24) is 0 Å². The summed E-state index contributed by atoms with van der Waals surface area (Å²) in [6.45, 7) is 0. The van der Waals surface area contributed by atoms with E-state index in [-0.39, 0.29) is 5.91 Å². The number of carbonyl (C=O) groups is 1. The smallest absolute Gasteiger partial charge is 0.227 e. The summed E-state index contributed by atoms with van der Waals surface area (Å²) in [6.07, 6.45) is 2.20. The van der Waals surface area contributed by atoms with Crippen LogP contribution in [-0.2, 0) is 17.6 Å². The number of amides is 1. The lowest BCUT2D eigenvalue weighted by Gasteiger charge is -2.18. The van der Waals surface area contributed by atoms with Gasteiger partial charge in [-0.1, -0.05) is 72.8 Å². The van der Waals surface area contributed by atoms with Crippen LogP contribution >= 0.6 is 0 Å². The van der Waals surface area contributed by atoms with Gasteiger partial charge in [-0.25, -0.2) is 0 Å². The minimum absolute atomic E-state index is 0.139. The number of hydrogen-bond donors (Lipinski definition) is 0. The predicted molar refractivity (Wildman–Crippen MR) is 104 cm³/mol. The molecule has 0 aliphatic carbocycles. The molecule has 2 heteroatoms. The molecule has 0 atom stereocenters. The maximum absolute atomic E-state index is 12.4. The molecule has 1 amide bonds. The van der Waals surface area contributed by atoms with Crippen molar-refractivity contribution in [2.24, 2.45) is 0 Å². The number of aryl methyl sites for hydroxylation is 1. The van der Waals surface area contributed by atoms with Gasteiger partial charge in [-0.3, -0.25) is 4.79 Å². The fourth-order valence-electron chi connectivity index (χ4n) is 2.88. The molecule has 0 unspecified atom stereocenters. The zero-order valence-corrected chi connectivity index (χ0v) is 14.6. The van der Waals surface area contributed by atoms with E-state index in [9.17, 15) is 4.79 Å². The van der Waals surface area contributed by atoms with Crippen molar-refractivity contribution < 1.29 is 4.79 Å². The average Bonchev–Trinajstić information content (AvgIpc) is 2.68. The van der Waals surface area contributed by atoms with Crippen molar-refractivity contribution >= 4 is 11.6 Å². The molecule has 0 saturated heterocycles. The second-order valence-electron chi connectivity index (χ2n) is 6.27. The highest BCUT2D eigenvalue weighted by molar-refractivity contribution is 5.92. The lowest BCUT2D eigenvalue weighted by atomic mass is 10.0. The second-order valence-corrected chi connectivity index (χ2v) is 6.27. The van der Waals surface area contributed by atoms with Gasteiger partial charge in [0.05, 0.1) is 0 Å². The minimum Gasteiger partial charge on any atom is -0.315 e. The van der Waals surface area contributed by atoms with E-state index in [4.69, 9.17) is 0 Å². The molecule has 0 aliphatic rings. The number of rotatable bonds is 6.